The van der Waals surface area contributed by atoms with Gasteiger partial charge in [0, 0.05) is 18.6 Å². The third-order valence-electron chi connectivity index (χ3n) is 3.75. The lowest BCUT2D eigenvalue weighted by molar-refractivity contribution is 0.460. The molecule has 0 amide bonds. The molecule has 0 aromatic heterocycles. The normalized spacial score (nSPS) is 15.0. The molecule has 0 radical (unpaired) electrons. The first-order valence-corrected chi connectivity index (χ1v) is 6.61. The van der Waals surface area contributed by atoms with E-state index in [1.807, 2.05) is 7.05 Å². The summed E-state index contributed by atoms with van der Waals surface area (Å²) in [6, 6.07) is 7.06. The topological polar surface area (TPSA) is 24.1 Å². The van der Waals surface area contributed by atoms with E-state index in [0.717, 1.165) is 13.2 Å². The Morgan fingerprint density at radius 1 is 1.18 bits per heavy atom. The van der Waals surface area contributed by atoms with Gasteiger partial charge in [-0.15, -0.1) is 0 Å². The van der Waals surface area contributed by atoms with Crippen LogP contribution in [-0.4, -0.2) is 20.3 Å². The molecule has 1 aromatic carbocycles. The predicted octanol–water partition coefficient (Wildman–Crippen LogP) is 2.22. The second-order valence-electron chi connectivity index (χ2n) is 5.68. The average Bonchev–Trinajstić information content (AvgIpc) is 2.76. The van der Waals surface area contributed by atoms with Crippen LogP contribution < -0.4 is 10.6 Å². The molecular weight excluding hydrogens is 208 g/mol. The fourth-order valence-electron chi connectivity index (χ4n) is 2.59. The monoisotopic (exact) mass is 232 g/mol. The molecule has 94 valence electrons. The first kappa shape index (κ1) is 12.6. The Bertz CT molecular complexity index is 383. The smallest absolute Gasteiger partial charge is 0.0452 e. The molecule has 0 heterocycles. The molecule has 0 atom stereocenters. The number of rotatable bonds is 5. The van der Waals surface area contributed by atoms with Crippen molar-refractivity contribution in [2.45, 2.75) is 38.5 Å². The summed E-state index contributed by atoms with van der Waals surface area (Å²) in [6.07, 6.45) is 3.87. The molecule has 2 N–H and O–H groups in total. The molecule has 1 aliphatic rings. The zero-order chi connectivity index (χ0) is 12.3. The molecule has 0 aliphatic heterocycles. The van der Waals surface area contributed by atoms with Crippen molar-refractivity contribution >= 4 is 0 Å². The summed E-state index contributed by atoms with van der Waals surface area (Å²) in [7, 11) is 1.97. The largest absolute Gasteiger partial charge is 0.308 e. The first-order chi connectivity index (χ1) is 8.13. The fourth-order valence-corrected chi connectivity index (χ4v) is 2.59. The molecule has 0 saturated carbocycles. The first-order valence-electron chi connectivity index (χ1n) is 6.61. The quantitative estimate of drug-likeness (QED) is 0.601. The highest BCUT2D eigenvalue weighted by molar-refractivity contribution is 5.38. The van der Waals surface area contributed by atoms with Gasteiger partial charge >= 0.3 is 0 Å². The Balaban J connectivity index is 2.10. The van der Waals surface area contributed by atoms with Crippen LogP contribution >= 0.6 is 0 Å². The molecule has 2 rings (SSSR count). The summed E-state index contributed by atoms with van der Waals surface area (Å²) in [4.78, 5) is 0. The maximum atomic E-state index is 3.43. The highest BCUT2D eigenvalue weighted by Gasteiger charge is 2.22. The highest BCUT2D eigenvalue weighted by Crippen LogP contribution is 2.29. The van der Waals surface area contributed by atoms with E-state index in [-0.39, 0.29) is 5.41 Å². The molecule has 17 heavy (non-hydrogen) atoms. The van der Waals surface area contributed by atoms with Gasteiger partial charge in [0.2, 0.25) is 0 Å². The van der Waals surface area contributed by atoms with Crippen molar-refractivity contribution in [1.29, 1.82) is 0 Å². The Labute approximate surface area is 105 Å². The van der Waals surface area contributed by atoms with Crippen molar-refractivity contribution in [3.63, 3.8) is 0 Å². The van der Waals surface area contributed by atoms with Crippen LogP contribution in [0.25, 0.3) is 0 Å². The SMILES string of the molecule is CNCNCC(C)(C)c1ccc2c(c1)CCC2. The highest BCUT2D eigenvalue weighted by atomic mass is 15.0. The van der Waals surface area contributed by atoms with Gasteiger partial charge in [0.05, 0.1) is 0 Å². The van der Waals surface area contributed by atoms with Crippen LogP contribution in [0, 0.1) is 0 Å². The van der Waals surface area contributed by atoms with E-state index < -0.39 is 0 Å². The van der Waals surface area contributed by atoms with Gasteiger partial charge in [0.25, 0.3) is 0 Å². The Kier molecular flexibility index (Phi) is 3.85. The number of benzene rings is 1. The van der Waals surface area contributed by atoms with Crippen LogP contribution in [0.4, 0.5) is 0 Å². The molecule has 0 saturated heterocycles. The van der Waals surface area contributed by atoms with Crippen LogP contribution in [0.1, 0.15) is 37.0 Å². The third kappa shape index (κ3) is 2.88. The molecule has 1 aliphatic carbocycles. The third-order valence-corrected chi connectivity index (χ3v) is 3.75. The van der Waals surface area contributed by atoms with Gasteiger partial charge in [-0.2, -0.15) is 0 Å². The molecule has 0 unspecified atom stereocenters. The van der Waals surface area contributed by atoms with E-state index in [2.05, 4.69) is 42.7 Å². The van der Waals surface area contributed by atoms with Crippen LogP contribution in [0.3, 0.4) is 0 Å². The maximum Gasteiger partial charge on any atom is 0.0452 e. The number of hydrogen-bond donors (Lipinski definition) is 2. The fraction of sp³-hybridized carbons (Fsp3) is 0.600. The van der Waals surface area contributed by atoms with E-state index in [4.69, 9.17) is 0 Å². The van der Waals surface area contributed by atoms with Crippen molar-refractivity contribution in [2.75, 3.05) is 20.3 Å². The average molecular weight is 232 g/mol. The minimum absolute atomic E-state index is 0.203. The molecule has 0 bridgehead atoms. The lowest BCUT2D eigenvalue weighted by Crippen LogP contribution is -2.37. The van der Waals surface area contributed by atoms with Gasteiger partial charge in [-0.05, 0) is 43.0 Å². The molecule has 0 fully saturated rings. The molecule has 1 aromatic rings. The van der Waals surface area contributed by atoms with Crippen LogP contribution in [0.5, 0.6) is 0 Å². The van der Waals surface area contributed by atoms with E-state index >= 15 is 0 Å². The molecule has 0 spiro atoms. The summed E-state index contributed by atoms with van der Waals surface area (Å²) < 4.78 is 0. The van der Waals surface area contributed by atoms with E-state index in [9.17, 15) is 0 Å². The van der Waals surface area contributed by atoms with Gasteiger partial charge in [0.1, 0.15) is 0 Å². The lowest BCUT2D eigenvalue weighted by atomic mass is 9.83. The van der Waals surface area contributed by atoms with Crippen molar-refractivity contribution in [3.05, 3.63) is 34.9 Å². The lowest BCUT2D eigenvalue weighted by Gasteiger charge is -2.26. The molecular formula is C15H24N2. The van der Waals surface area contributed by atoms with Crippen LogP contribution in [0.15, 0.2) is 18.2 Å². The summed E-state index contributed by atoms with van der Waals surface area (Å²) in [6.45, 7) is 6.50. The van der Waals surface area contributed by atoms with Crippen molar-refractivity contribution in [2.24, 2.45) is 0 Å². The number of nitrogens with one attached hydrogen (secondary N) is 2. The summed E-state index contributed by atoms with van der Waals surface area (Å²) >= 11 is 0. The zero-order valence-corrected chi connectivity index (χ0v) is 11.3. The Morgan fingerprint density at radius 2 is 1.94 bits per heavy atom. The van der Waals surface area contributed by atoms with Crippen molar-refractivity contribution in [3.8, 4) is 0 Å². The van der Waals surface area contributed by atoms with Crippen molar-refractivity contribution in [1.82, 2.24) is 10.6 Å². The molecule has 2 nitrogen and oxygen atoms in total. The summed E-state index contributed by atoms with van der Waals surface area (Å²) in [5.41, 5.74) is 4.80. The Hall–Kier alpha value is -0.860. The minimum Gasteiger partial charge on any atom is -0.308 e. The van der Waals surface area contributed by atoms with E-state index in [0.29, 0.717) is 0 Å². The van der Waals surface area contributed by atoms with Crippen LogP contribution in [0.2, 0.25) is 0 Å². The standard InChI is InChI=1S/C15H24N2/c1-15(2,10-17-11-16-3)14-8-7-12-5-4-6-13(12)9-14/h7-9,16-17H,4-6,10-11H2,1-3H3. The van der Waals surface area contributed by atoms with Gasteiger partial charge in [-0.1, -0.05) is 32.0 Å². The van der Waals surface area contributed by atoms with Gasteiger partial charge in [-0.3, -0.25) is 0 Å². The van der Waals surface area contributed by atoms with Gasteiger partial charge in [-0.25, -0.2) is 0 Å². The van der Waals surface area contributed by atoms with Crippen molar-refractivity contribution < 1.29 is 0 Å². The Morgan fingerprint density at radius 3 is 2.71 bits per heavy atom. The van der Waals surface area contributed by atoms with Crippen LogP contribution in [-0.2, 0) is 18.3 Å². The maximum absolute atomic E-state index is 3.43. The summed E-state index contributed by atoms with van der Waals surface area (Å²) in [5.74, 6) is 0. The number of hydrogen-bond acceptors (Lipinski definition) is 2. The predicted molar refractivity (Wildman–Crippen MR) is 73.4 cm³/mol. The van der Waals surface area contributed by atoms with E-state index in [1.165, 1.54) is 24.8 Å². The summed E-state index contributed by atoms with van der Waals surface area (Å²) in [5, 5.41) is 6.55. The minimum atomic E-state index is 0.203. The number of fused-ring (bicyclic) bond motifs is 1. The number of aryl methyl sites for hydroxylation is 2. The van der Waals surface area contributed by atoms with Gasteiger partial charge in [0.15, 0.2) is 0 Å². The second kappa shape index (κ2) is 5.19. The zero-order valence-electron chi connectivity index (χ0n) is 11.3. The molecule has 2 heteroatoms. The second-order valence-corrected chi connectivity index (χ2v) is 5.68. The van der Waals surface area contributed by atoms with Gasteiger partial charge < -0.3 is 10.6 Å². The van der Waals surface area contributed by atoms with E-state index in [1.54, 1.807) is 11.1 Å².